The number of nitrogens with zero attached hydrogens (tertiary/aromatic N) is 1. The lowest BCUT2D eigenvalue weighted by atomic mass is 9.74. The predicted octanol–water partition coefficient (Wildman–Crippen LogP) is 4.45. The summed E-state index contributed by atoms with van der Waals surface area (Å²) in [5.74, 6) is 0. The van der Waals surface area contributed by atoms with Crippen molar-refractivity contribution in [3.05, 3.63) is 23.8 Å². The zero-order valence-corrected chi connectivity index (χ0v) is 13.0. The van der Waals surface area contributed by atoms with Crippen LogP contribution in [-0.4, -0.2) is 19.6 Å². The molecular formula is C18H28N2. The summed E-state index contributed by atoms with van der Waals surface area (Å²) in [7, 11) is 0. The van der Waals surface area contributed by atoms with Gasteiger partial charge in [-0.1, -0.05) is 26.7 Å². The van der Waals surface area contributed by atoms with Gasteiger partial charge in [0.1, 0.15) is 0 Å². The molecule has 2 aliphatic rings. The highest BCUT2D eigenvalue weighted by Crippen LogP contribution is 2.39. The van der Waals surface area contributed by atoms with Crippen molar-refractivity contribution < 1.29 is 0 Å². The molecule has 2 heterocycles. The molecule has 1 aromatic carbocycles. The van der Waals surface area contributed by atoms with Crippen LogP contribution in [0.4, 0.5) is 11.4 Å². The van der Waals surface area contributed by atoms with Crippen LogP contribution in [0, 0.1) is 5.41 Å². The van der Waals surface area contributed by atoms with E-state index >= 15 is 0 Å². The van der Waals surface area contributed by atoms with Crippen LogP contribution in [0.5, 0.6) is 0 Å². The monoisotopic (exact) mass is 272 g/mol. The summed E-state index contributed by atoms with van der Waals surface area (Å²) in [5, 5.41) is 3.51. The fraction of sp³-hybridized carbons (Fsp3) is 0.667. The van der Waals surface area contributed by atoms with E-state index in [4.69, 9.17) is 0 Å². The topological polar surface area (TPSA) is 15.3 Å². The number of benzene rings is 1. The number of fused-ring (bicyclic) bond motifs is 1. The zero-order chi connectivity index (χ0) is 14.0. The van der Waals surface area contributed by atoms with Crippen LogP contribution >= 0.6 is 0 Å². The highest BCUT2D eigenvalue weighted by atomic mass is 15.1. The van der Waals surface area contributed by atoms with Crippen LogP contribution in [0.25, 0.3) is 0 Å². The molecule has 0 amide bonds. The number of rotatable bonds is 3. The first-order valence-corrected chi connectivity index (χ1v) is 8.38. The summed E-state index contributed by atoms with van der Waals surface area (Å²) < 4.78 is 0. The molecule has 0 aliphatic carbocycles. The molecule has 0 radical (unpaired) electrons. The van der Waals surface area contributed by atoms with Crippen molar-refractivity contribution in [2.24, 2.45) is 5.41 Å². The Labute approximate surface area is 123 Å². The molecule has 0 unspecified atom stereocenters. The second-order valence-electron chi connectivity index (χ2n) is 6.57. The number of aryl methyl sites for hydroxylation is 1. The van der Waals surface area contributed by atoms with Gasteiger partial charge in [-0.25, -0.2) is 0 Å². The minimum atomic E-state index is 0.617. The lowest BCUT2D eigenvalue weighted by Crippen LogP contribution is -2.39. The number of hydrogen-bond donors (Lipinski definition) is 1. The largest absolute Gasteiger partial charge is 0.385 e. The van der Waals surface area contributed by atoms with Gasteiger partial charge in [0, 0.05) is 31.0 Å². The van der Waals surface area contributed by atoms with Gasteiger partial charge < -0.3 is 10.2 Å². The molecule has 20 heavy (non-hydrogen) atoms. The van der Waals surface area contributed by atoms with Crippen LogP contribution < -0.4 is 10.2 Å². The van der Waals surface area contributed by atoms with Gasteiger partial charge in [0.25, 0.3) is 0 Å². The Hall–Kier alpha value is -1.18. The lowest BCUT2D eigenvalue weighted by molar-refractivity contribution is 0.199. The number of hydrogen-bond acceptors (Lipinski definition) is 2. The number of piperidine rings is 1. The van der Waals surface area contributed by atoms with Crippen molar-refractivity contribution in [2.45, 2.75) is 52.4 Å². The maximum atomic E-state index is 3.51. The molecule has 2 heteroatoms. The van der Waals surface area contributed by atoms with Crippen molar-refractivity contribution in [3.63, 3.8) is 0 Å². The van der Waals surface area contributed by atoms with Gasteiger partial charge >= 0.3 is 0 Å². The van der Waals surface area contributed by atoms with E-state index < -0.39 is 0 Å². The van der Waals surface area contributed by atoms with Crippen molar-refractivity contribution in [1.29, 1.82) is 0 Å². The Balaban J connectivity index is 1.72. The van der Waals surface area contributed by atoms with Gasteiger partial charge in [0.15, 0.2) is 0 Å². The molecular weight excluding hydrogens is 244 g/mol. The molecule has 0 spiro atoms. The summed E-state index contributed by atoms with van der Waals surface area (Å²) >= 11 is 0. The molecule has 1 saturated heterocycles. The van der Waals surface area contributed by atoms with E-state index in [-0.39, 0.29) is 0 Å². The van der Waals surface area contributed by atoms with Gasteiger partial charge in [-0.15, -0.1) is 0 Å². The summed E-state index contributed by atoms with van der Waals surface area (Å²) in [5.41, 5.74) is 4.92. The van der Waals surface area contributed by atoms with E-state index in [1.807, 2.05) is 0 Å². The van der Waals surface area contributed by atoms with E-state index in [0.29, 0.717) is 5.41 Å². The normalized spacial score (nSPS) is 21.2. The predicted molar refractivity (Wildman–Crippen MR) is 87.7 cm³/mol. The molecule has 1 fully saturated rings. The summed E-state index contributed by atoms with van der Waals surface area (Å²) in [6.45, 7) is 8.32. The Morgan fingerprint density at radius 1 is 1.15 bits per heavy atom. The third-order valence-electron chi connectivity index (χ3n) is 5.72. The maximum Gasteiger partial charge on any atom is 0.0374 e. The van der Waals surface area contributed by atoms with Crippen LogP contribution in [0.3, 0.4) is 0 Å². The molecule has 1 aromatic rings. The standard InChI is InChI=1S/C18H28N2/c1-3-18(4-2)9-12-20(13-10-18)16-7-8-17-15(14-16)6-5-11-19-17/h7-8,14,19H,3-6,9-13H2,1-2H3. The molecule has 2 nitrogen and oxygen atoms in total. The lowest BCUT2D eigenvalue weighted by Gasteiger charge is -2.42. The Morgan fingerprint density at radius 3 is 2.60 bits per heavy atom. The second-order valence-corrected chi connectivity index (χ2v) is 6.57. The van der Waals surface area contributed by atoms with Crippen molar-refractivity contribution in [1.82, 2.24) is 0 Å². The maximum absolute atomic E-state index is 3.51. The molecule has 2 aliphatic heterocycles. The third-order valence-corrected chi connectivity index (χ3v) is 5.72. The van der Waals surface area contributed by atoms with Crippen molar-refractivity contribution >= 4 is 11.4 Å². The minimum Gasteiger partial charge on any atom is -0.385 e. The van der Waals surface area contributed by atoms with Gasteiger partial charge in [0.2, 0.25) is 0 Å². The van der Waals surface area contributed by atoms with E-state index in [1.54, 1.807) is 0 Å². The zero-order valence-electron chi connectivity index (χ0n) is 13.0. The summed E-state index contributed by atoms with van der Waals surface area (Å²) in [4.78, 5) is 2.60. The summed E-state index contributed by atoms with van der Waals surface area (Å²) in [6.07, 6.45) is 7.89. The van der Waals surface area contributed by atoms with Gasteiger partial charge in [-0.3, -0.25) is 0 Å². The minimum absolute atomic E-state index is 0.617. The van der Waals surface area contributed by atoms with E-state index in [2.05, 4.69) is 42.3 Å². The highest BCUT2D eigenvalue weighted by molar-refractivity contribution is 5.61. The summed E-state index contributed by atoms with van der Waals surface area (Å²) in [6, 6.07) is 7.01. The molecule has 0 bridgehead atoms. The van der Waals surface area contributed by atoms with Crippen molar-refractivity contribution in [2.75, 3.05) is 29.9 Å². The third kappa shape index (κ3) is 2.53. The smallest absolute Gasteiger partial charge is 0.0374 e. The highest BCUT2D eigenvalue weighted by Gasteiger charge is 2.31. The first-order chi connectivity index (χ1) is 9.76. The molecule has 0 aromatic heterocycles. The average Bonchev–Trinajstić information content (AvgIpc) is 2.54. The van der Waals surface area contributed by atoms with E-state index in [9.17, 15) is 0 Å². The SMILES string of the molecule is CCC1(CC)CCN(c2ccc3c(c2)CCCN3)CC1. The van der Waals surface area contributed by atoms with Crippen LogP contribution in [0.1, 0.15) is 51.5 Å². The molecule has 0 atom stereocenters. The quantitative estimate of drug-likeness (QED) is 0.874. The molecule has 0 saturated carbocycles. The van der Waals surface area contributed by atoms with Crippen LogP contribution in [0.2, 0.25) is 0 Å². The van der Waals surface area contributed by atoms with E-state index in [0.717, 1.165) is 6.54 Å². The van der Waals surface area contributed by atoms with Gasteiger partial charge in [-0.2, -0.15) is 0 Å². The number of nitrogens with one attached hydrogen (secondary N) is 1. The van der Waals surface area contributed by atoms with Crippen LogP contribution in [-0.2, 0) is 6.42 Å². The fourth-order valence-electron chi connectivity index (χ4n) is 3.85. The van der Waals surface area contributed by atoms with Gasteiger partial charge in [-0.05, 0) is 54.9 Å². The molecule has 1 N–H and O–H groups in total. The second kappa shape index (κ2) is 5.67. The molecule has 110 valence electrons. The first-order valence-electron chi connectivity index (χ1n) is 8.38. The number of anilines is 2. The Morgan fingerprint density at radius 2 is 1.90 bits per heavy atom. The van der Waals surface area contributed by atoms with E-state index in [1.165, 1.54) is 68.6 Å². The fourth-order valence-corrected chi connectivity index (χ4v) is 3.85. The average molecular weight is 272 g/mol. The van der Waals surface area contributed by atoms with Crippen LogP contribution in [0.15, 0.2) is 18.2 Å². The van der Waals surface area contributed by atoms with Crippen molar-refractivity contribution in [3.8, 4) is 0 Å². The first kappa shape index (κ1) is 13.8. The Bertz CT molecular complexity index is 452. The Kier molecular flexibility index (Phi) is 3.91. The molecule has 3 rings (SSSR count). The van der Waals surface area contributed by atoms with Gasteiger partial charge in [0.05, 0.1) is 0 Å².